The summed E-state index contributed by atoms with van der Waals surface area (Å²) < 4.78 is 4.57. The fourth-order valence-corrected chi connectivity index (χ4v) is 1.11. The minimum atomic E-state index is -0.693. The molecular weight excluding hydrogens is 276 g/mol. The van der Waals surface area contributed by atoms with E-state index < -0.39 is 24.2 Å². The van der Waals surface area contributed by atoms with Crippen LogP contribution in [0.3, 0.4) is 0 Å². The van der Waals surface area contributed by atoms with Gasteiger partial charge in [0.25, 0.3) is 5.91 Å². The van der Waals surface area contributed by atoms with Crippen molar-refractivity contribution in [2.24, 2.45) is 0 Å². The normalized spacial score (nSPS) is 9.58. The molecule has 0 aromatic carbocycles. The zero-order chi connectivity index (χ0) is 14.3. The summed E-state index contributed by atoms with van der Waals surface area (Å²) in [4.78, 5) is 40.9. The Labute approximate surface area is 113 Å². The van der Waals surface area contributed by atoms with Gasteiger partial charge in [-0.25, -0.2) is 9.97 Å². The molecule has 0 saturated carbocycles. The smallest absolute Gasteiger partial charge is 0.315 e. The van der Waals surface area contributed by atoms with Crippen LogP contribution < -0.4 is 10.9 Å². The maximum Gasteiger partial charge on any atom is 0.315 e. The molecule has 19 heavy (non-hydrogen) atoms. The highest BCUT2D eigenvalue weighted by molar-refractivity contribution is 6.28. The van der Waals surface area contributed by atoms with Crippen molar-refractivity contribution in [1.82, 2.24) is 20.8 Å². The second kappa shape index (κ2) is 7.27. The van der Waals surface area contributed by atoms with E-state index in [9.17, 15) is 14.4 Å². The van der Waals surface area contributed by atoms with Crippen molar-refractivity contribution in [3.05, 3.63) is 23.2 Å². The predicted molar refractivity (Wildman–Crippen MR) is 63.9 cm³/mol. The molecule has 0 aliphatic carbocycles. The fourth-order valence-electron chi connectivity index (χ4n) is 1.02. The van der Waals surface area contributed by atoms with Gasteiger partial charge in [0.05, 0.1) is 12.2 Å². The number of ether oxygens (including phenoxy) is 1. The van der Waals surface area contributed by atoms with Crippen molar-refractivity contribution in [2.75, 3.05) is 6.61 Å². The Balaban J connectivity index is 2.40. The number of hydrazine groups is 1. The van der Waals surface area contributed by atoms with Crippen LogP contribution in [0.25, 0.3) is 0 Å². The highest BCUT2D eigenvalue weighted by atomic mass is 35.5. The summed E-state index contributed by atoms with van der Waals surface area (Å²) >= 11 is 5.46. The van der Waals surface area contributed by atoms with Gasteiger partial charge in [-0.2, -0.15) is 0 Å². The number of carbonyl (C=O) groups is 3. The third kappa shape index (κ3) is 5.30. The number of aromatic nitrogens is 2. The van der Waals surface area contributed by atoms with E-state index in [1.165, 1.54) is 12.4 Å². The molecule has 1 heterocycles. The van der Waals surface area contributed by atoms with Crippen LogP contribution in [-0.2, 0) is 14.3 Å². The van der Waals surface area contributed by atoms with Crippen LogP contribution >= 0.6 is 11.6 Å². The number of rotatable bonds is 4. The van der Waals surface area contributed by atoms with Crippen LogP contribution in [0.1, 0.15) is 23.7 Å². The molecule has 0 saturated heterocycles. The van der Waals surface area contributed by atoms with E-state index in [4.69, 9.17) is 11.6 Å². The first kappa shape index (κ1) is 14.8. The van der Waals surface area contributed by atoms with Crippen molar-refractivity contribution in [2.45, 2.75) is 13.3 Å². The molecule has 0 atom stereocenters. The maximum atomic E-state index is 11.5. The lowest BCUT2D eigenvalue weighted by Crippen LogP contribution is -2.42. The second-order valence-corrected chi connectivity index (χ2v) is 3.56. The molecule has 102 valence electrons. The molecule has 0 unspecified atom stereocenters. The molecule has 9 heteroatoms. The Morgan fingerprint density at radius 3 is 2.47 bits per heavy atom. The minimum Gasteiger partial charge on any atom is -0.466 e. The molecule has 0 spiro atoms. The molecule has 1 aromatic heterocycles. The first-order valence-corrected chi connectivity index (χ1v) is 5.63. The van der Waals surface area contributed by atoms with Gasteiger partial charge >= 0.3 is 5.97 Å². The fraction of sp³-hybridized carbons (Fsp3) is 0.300. The van der Waals surface area contributed by atoms with E-state index in [0.717, 1.165) is 0 Å². The number of nitrogens with one attached hydrogen (secondary N) is 2. The van der Waals surface area contributed by atoms with Crippen LogP contribution in [0.15, 0.2) is 12.4 Å². The number of hydrogen-bond donors (Lipinski definition) is 2. The van der Waals surface area contributed by atoms with Crippen molar-refractivity contribution in [3.63, 3.8) is 0 Å². The molecule has 0 radical (unpaired) electrons. The number of nitrogens with zero attached hydrogens (tertiary/aromatic N) is 2. The zero-order valence-electron chi connectivity index (χ0n) is 9.97. The summed E-state index contributed by atoms with van der Waals surface area (Å²) in [6, 6.07) is 0. The van der Waals surface area contributed by atoms with Crippen LogP contribution in [0.5, 0.6) is 0 Å². The molecule has 8 nitrogen and oxygen atoms in total. The van der Waals surface area contributed by atoms with Gasteiger partial charge in [-0.15, -0.1) is 0 Å². The third-order valence-electron chi connectivity index (χ3n) is 1.81. The van der Waals surface area contributed by atoms with Gasteiger partial charge in [-0.05, 0) is 18.5 Å². The highest BCUT2D eigenvalue weighted by Crippen LogP contribution is 1.99. The summed E-state index contributed by atoms with van der Waals surface area (Å²) in [6.45, 7) is 1.80. The summed E-state index contributed by atoms with van der Waals surface area (Å²) in [5, 5.41) is 0.00268. The number of halogens is 1. The molecule has 1 aromatic rings. The average Bonchev–Trinajstić information content (AvgIpc) is 2.37. The standard InChI is InChI=1S/C10H11ClN4O4/c1-2-19-8(17)3-7(16)14-15-9(18)6-4-12-10(11)13-5-6/h4-5H,2-3H2,1H3,(H,14,16)(H,15,18). The van der Waals surface area contributed by atoms with Gasteiger partial charge in [-0.3, -0.25) is 25.2 Å². The SMILES string of the molecule is CCOC(=O)CC(=O)NNC(=O)c1cnc(Cl)nc1. The van der Waals surface area contributed by atoms with Gasteiger partial charge < -0.3 is 4.74 Å². The van der Waals surface area contributed by atoms with Gasteiger partial charge in [0.1, 0.15) is 6.42 Å². The van der Waals surface area contributed by atoms with Crippen molar-refractivity contribution >= 4 is 29.4 Å². The lowest BCUT2D eigenvalue weighted by molar-refractivity contribution is -0.146. The van der Waals surface area contributed by atoms with Crippen LogP contribution in [-0.4, -0.2) is 34.4 Å². The number of amides is 2. The first-order valence-electron chi connectivity index (χ1n) is 5.25. The molecule has 0 fully saturated rings. The summed E-state index contributed by atoms with van der Waals surface area (Å²) in [5.41, 5.74) is 4.27. The van der Waals surface area contributed by atoms with Gasteiger partial charge in [0.2, 0.25) is 11.2 Å². The summed E-state index contributed by atoms with van der Waals surface area (Å²) in [7, 11) is 0. The quantitative estimate of drug-likeness (QED) is 0.344. The average molecular weight is 287 g/mol. The van der Waals surface area contributed by atoms with Crippen LogP contribution in [0, 0.1) is 0 Å². The van der Waals surface area contributed by atoms with E-state index in [1.807, 2.05) is 0 Å². The van der Waals surface area contributed by atoms with E-state index in [1.54, 1.807) is 6.92 Å². The van der Waals surface area contributed by atoms with Gasteiger partial charge in [0.15, 0.2) is 0 Å². The Kier molecular flexibility index (Phi) is 5.68. The lowest BCUT2D eigenvalue weighted by atomic mass is 10.3. The lowest BCUT2D eigenvalue weighted by Gasteiger charge is -2.06. The molecule has 0 bridgehead atoms. The Morgan fingerprint density at radius 1 is 1.26 bits per heavy atom. The van der Waals surface area contributed by atoms with E-state index in [-0.39, 0.29) is 17.5 Å². The van der Waals surface area contributed by atoms with Crippen molar-refractivity contribution in [1.29, 1.82) is 0 Å². The largest absolute Gasteiger partial charge is 0.466 e. The Hall–Kier alpha value is -2.22. The number of esters is 1. The van der Waals surface area contributed by atoms with Crippen LogP contribution in [0.4, 0.5) is 0 Å². The molecule has 0 aliphatic rings. The molecular formula is C10H11ClN4O4. The maximum absolute atomic E-state index is 11.5. The van der Waals surface area contributed by atoms with Gasteiger partial charge in [0, 0.05) is 12.4 Å². The Morgan fingerprint density at radius 2 is 1.89 bits per heavy atom. The first-order chi connectivity index (χ1) is 9.02. The molecule has 2 N–H and O–H groups in total. The topological polar surface area (TPSA) is 110 Å². The molecule has 0 aliphatic heterocycles. The second-order valence-electron chi connectivity index (χ2n) is 3.22. The zero-order valence-corrected chi connectivity index (χ0v) is 10.7. The van der Waals surface area contributed by atoms with E-state index in [0.29, 0.717) is 0 Å². The number of carbonyl (C=O) groups excluding carboxylic acids is 3. The minimum absolute atomic E-state index is 0.00268. The van der Waals surface area contributed by atoms with E-state index >= 15 is 0 Å². The third-order valence-corrected chi connectivity index (χ3v) is 2.00. The monoisotopic (exact) mass is 286 g/mol. The molecule has 2 amide bonds. The van der Waals surface area contributed by atoms with Crippen molar-refractivity contribution in [3.8, 4) is 0 Å². The predicted octanol–water partition coefficient (Wildman–Crippen LogP) is -0.156. The van der Waals surface area contributed by atoms with E-state index in [2.05, 4.69) is 25.6 Å². The summed E-state index contributed by atoms with van der Waals surface area (Å²) in [6.07, 6.45) is 1.91. The van der Waals surface area contributed by atoms with Crippen molar-refractivity contribution < 1.29 is 19.1 Å². The Bertz CT molecular complexity index is 477. The van der Waals surface area contributed by atoms with Crippen LogP contribution in [0.2, 0.25) is 5.28 Å². The summed E-state index contributed by atoms with van der Waals surface area (Å²) in [5.74, 6) is -2.00. The van der Waals surface area contributed by atoms with Gasteiger partial charge in [-0.1, -0.05) is 0 Å². The highest BCUT2D eigenvalue weighted by Gasteiger charge is 2.12. The number of hydrogen-bond acceptors (Lipinski definition) is 6. The molecule has 1 rings (SSSR count).